The first kappa shape index (κ1) is 19.1. The molecule has 2 heterocycles. The number of aliphatic hydroxyl groups is 1. The maximum Gasteiger partial charge on any atom is 0.219 e. The summed E-state index contributed by atoms with van der Waals surface area (Å²) in [6, 6.07) is 18.4. The summed E-state index contributed by atoms with van der Waals surface area (Å²) in [5, 5.41) is 21.6. The smallest absolute Gasteiger partial charge is 0.219 e. The lowest BCUT2D eigenvalue weighted by Gasteiger charge is -2.17. The van der Waals surface area contributed by atoms with Crippen LogP contribution < -0.4 is 10.1 Å². The number of nitrogens with zero attached hydrogens (tertiary/aromatic N) is 2. The number of hydrogen-bond donors (Lipinski definition) is 3. The SMILES string of the molecule is CCC(NCCO)c1ccc2cc(Oc3ccc(-c4ccn[nH]4)cn3)ccc2c1. The Labute approximate surface area is 169 Å². The lowest BCUT2D eigenvalue weighted by Crippen LogP contribution is -2.23. The van der Waals surface area contributed by atoms with Crippen LogP contribution in [0.5, 0.6) is 11.6 Å². The third-order valence-electron chi connectivity index (χ3n) is 4.92. The highest BCUT2D eigenvalue weighted by molar-refractivity contribution is 5.84. The van der Waals surface area contributed by atoms with Gasteiger partial charge in [-0.05, 0) is 53.1 Å². The Hall–Kier alpha value is -3.22. The Kier molecular flexibility index (Phi) is 5.84. The molecule has 0 aliphatic carbocycles. The van der Waals surface area contributed by atoms with E-state index in [1.54, 1.807) is 12.4 Å². The molecule has 0 spiro atoms. The zero-order valence-electron chi connectivity index (χ0n) is 16.3. The second-order valence-electron chi connectivity index (χ2n) is 6.86. The maximum atomic E-state index is 9.06. The summed E-state index contributed by atoms with van der Waals surface area (Å²) in [5.74, 6) is 1.29. The van der Waals surface area contributed by atoms with E-state index in [4.69, 9.17) is 9.84 Å². The van der Waals surface area contributed by atoms with Crippen molar-refractivity contribution >= 4 is 10.8 Å². The molecule has 3 N–H and O–H groups in total. The van der Waals surface area contributed by atoms with Crippen LogP contribution in [0.3, 0.4) is 0 Å². The third kappa shape index (κ3) is 4.45. The second kappa shape index (κ2) is 8.86. The first-order valence-corrected chi connectivity index (χ1v) is 9.78. The van der Waals surface area contributed by atoms with Gasteiger partial charge in [0.05, 0.1) is 12.3 Å². The van der Waals surface area contributed by atoms with Gasteiger partial charge in [0.15, 0.2) is 0 Å². The topological polar surface area (TPSA) is 83.1 Å². The number of aliphatic hydroxyl groups excluding tert-OH is 1. The molecule has 1 unspecified atom stereocenters. The number of aromatic amines is 1. The van der Waals surface area contributed by atoms with E-state index in [0.29, 0.717) is 12.4 Å². The standard InChI is InChI=1S/C23H24N4O2/c1-2-21(24-11-12-28)18-4-3-17-14-20(7-5-16(17)13-18)29-23-8-6-19(15-25-23)22-9-10-26-27-22/h3-10,13-15,21,24,28H,2,11-12H2,1H3,(H,26,27). The number of nitrogens with one attached hydrogen (secondary N) is 2. The van der Waals surface area contributed by atoms with E-state index in [2.05, 4.69) is 51.7 Å². The van der Waals surface area contributed by atoms with E-state index in [9.17, 15) is 0 Å². The van der Waals surface area contributed by atoms with E-state index < -0.39 is 0 Å². The monoisotopic (exact) mass is 388 g/mol. The first-order chi connectivity index (χ1) is 14.3. The van der Waals surface area contributed by atoms with Crippen LogP contribution in [0.25, 0.3) is 22.0 Å². The fourth-order valence-electron chi connectivity index (χ4n) is 3.40. The van der Waals surface area contributed by atoms with E-state index >= 15 is 0 Å². The van der Waals surface area contributed by atoms with Crippen LogP contribution in [0.2, 0.25) is 0 Å². The fraction of sp³-hybridized carbons (Fsp3) is 0.217. The summed E-state index contributed by atoms with van der Waals surface area (Å²) in [5.41, 5.74) is 3.10. The lowest BCUT2D eigenvalue weighted by molar-refractivity contribution is 0.283. The normalized spacial score (nSPS) is 12.2. The van der Waals surface area contributed by atoms with Gasteiger partial charge in [0.2, 0.25) is 5.88 Å². The summed E-state index contributed by atoms with van der Waals surface area (Å²) in [7, 11) is 0. The summed E-state index contributed by atoms with van der Waals surface area (Å²) >= 11 is 0. The predicted molar refractivity (Wildman–Crippen MR) is 114 cm³/mol. The average Bonchev–Trinajstić information content (AvgIpc) is 3.30. The zero-order valence-corrected chi connectivity index (χ0v) is 16.3. The Balaban J connectivity index is 1.51. The molecule has 0 radical (unpaired) electrons. The van der Waals surface area contributed by atoms with E-state index in [1.807, 2.05) is 30.3 Å². The van der Waals surface area contributed by atoms with Gasteiger partial charge in [-0.2, -0.15) is 5.10 Å². The highest BCUT2D eigenvalue weighted by Gasteiger charge is 2.09. The first-order valence-electron chi connectivity index (χ1n) is 9.78. The minimum absolute atomic E-state index is 0.141. The molecule has 2 aromatic carbocycles. The summed E-state index contributed by atoms with van der Waals surface area (Å²) in [6.45, 7) is 2.87. The second-order valence-corrected chi connectivity index (χ2v) is 6.86. The molecule has 0 amide bonds. The average molecular weight is 388 g/mol. The number of benzene rings is 2. The summed E-state index contributed by atoms with van der Waals surface area (Å²) in [6.07, 6.45) is 4.44. The van der Waals surface area contributed by atoms with Crippen LogP contribution in [0, 0.1) is 0 Å². The van der Waals surface area contributed by atoms with Gasteiger partial charge in [-0.25, -0.2) is 4.98 Å². The molecule has 148 valence electrons. The molecule has 6 nitrogen and oxygen atoms in total. The Bertz CT molecular complexity index is 1060. The molecule has 6 heteroatoms. The largest absolute Gasteiger partial charge is 0.439 e. The molecule has 2 aromatic heterocycles. The van der Waals surface area contributed by atoms with Gasteiger partial charge in [-0.1, -0.05) is 25.1 Å². The van der Waals surface area contributed by atoms with Gasteiger partial charge < -0.3 is 15.2 Å². The zero-order chi connectivity index (χ0) is 20.1. The van der Waals surface area contributed by atoms with Gasteiger partial charge in [0.1, 0.15) is 5.75 Å². The van der Waals surface area contributed by atoms with Gasteiger partial charge in [-0.15, -0.1) is 0 Å². The summed E-state index contributed by atoms with van der Waals surface area (Å²) in [4.78, 5) is 4.39. The number of aromatic nitrogens is 3. The van der Waals surface area contributed by atoms with Crippen LogP contribution in [-0.2, 0) is 0 Å². The Morgan fingerprint density at radius 3 is 2.66 bits per heavy atom. The van der Waals surface area contributed by atoms with Gasteiger partial charge in [0.25, 0.3) is 0 Å². The van der Waals surface area contributed by atoms with Crippen LogP contribution in [-0.4, -0.2) is 33.4 Å². The summed E-state index contributed by atoms with van der Waals surface area (Å²) < 4.78 is 5.93. The molecular formula is C23H24N4O2. The number of rotatable bonds is 8. The van der Waals surface area contributed by atoms with Crippen LogP contribution in [0.15, 0.2) is 67.0 Å². The number of hydrogen-bond acceptors (Lipinski definition) is 5. The van der Waals surface area contributed by atoms with Crippen molar-refractivity contribution in [3.8, 4) is 22.9 Å². The van der Waals surface area contributed by atoms with Crippen molar-refractivity contribution in [2.75, 3.05) is 13.2 Å². The highest BCUT2D eigenvalue weighted by atomic mass is 16.5. The van der Waals surface area contributed by atoms with Crippen molar-refractivity contribution in [3.63, 3.8) is 0 Å². The van der Waals surface area contributed by atoms with Crippen LogP contribution in [0.1, 0.15) is 24.9 Å². The molecule has 0 saturated carbocycles. The molecule has 0 fully saturated rings. The fourth-order valence-corrected chi connectivity index (χ4v) is 3.40. The highest BCUT2D eigenvalue weighted by Crippen LogP contribution is 2.28. The van der Waals surface area contributed by atoms with E-state index in [1.165, 1.54) is 5.56 Å². The minimum Gasteiger partial charge on any atom is -0.439 e. The maximum absolute atomic E-state index is 9.06. The molecule has 0 aliphatic rings. The molecule has 0 bridgehead atoms. The van der Waals surface area contributed by atoms with Crippen molar-refractivity contribution in [1.29, 1.82) is 0 Å². The quantitative estimate of drug-likeness (QED) is 0.415. The van der Waals surface area contributed by atoms with Crippen molar-refractivity contribution < 1.29 is 9.84 Å². The minimum atomic E-state index is 0.141. The van der Waals surface area contributed by atoms with Crippen molar-refractivity contribution in [2.45, 2.75) is 19.4 Å². The predicted octanol–water partition coefficient (Wildman–Crippen LogP) is 4.45. The molecule has 4 aromatic rings. The molecule has 0 saturated heterocycles. The number of pyridine rings is 1. The Morgan fingerprint density at radius 2 is 1.93 bits per heavy atom. The van der Waals surface area contributed by atoms with Crippen molar-refractivity contribution in [2.24, 2.45) is 0 Å². The molecule has 4 rings (SSSR count). The van der Waals surface area contributed by atoms with E-state index in [0.717, 1.165) is 34.2 Å². The van der Waals surface area contributed by atoms with Crippen LogP contribution >= 0.6 is 0 Å². The molecule has 0 aliphatic heterocycles. The number of ether oxygens (including phenoxy) is 1. The van der Waals surface area contributed by atoms with Gasteiger partial charge in [-0.3, -0.25) is 5.10 Å². The van der Waals surface area contributed by atoms with Gasteiger partial charge >= 0.3 is 0 Å². The number of fused-ring (bicyclic) bond motifs is 1. The van der Waals surface area contributed by atoms with Crippen molar-refractivity contribution in [3.05, 3.63) is 72.6 Å². The number of H-pyrrole nitrogens is 1. The van der Waals surface area contributed by atoms with Crippen LogP contribution in [0.4, 0.5) is 0 Å². The molecule has 29 heavy (non-hydrogen) atoms. The lowest BCUT2D eigenvalue weighted by atomic mass is 10.00. The van der Waals surface area contributed by atoms with Crippen molar-refractivity contribution in [1.82, 2.24) is 20.5 Å². The van der Waals surface area contributed by atoms with E-state index in [-0.39, 0.29) is 12.6 Å². The van der Waals surface area contributed by atoms with Gasteiger partial charge in [0, 0.05) is 36.6 Å². The third-order valence-corrected chi connectivity index (χ3v) is 4.92. The molecule has 1 atom stereocenters. The Morgan fingerprint density at radius 1 is 1.07 bits per heavy atom. The molecular weight excluding hydrogens is 364 g/mol.